The van der Waals surface area contributed by atoms with Gasteiger partial charge in [-0.05, 0) is 35.4 Å². The number of rotatable bonds is 5. The molecule has 0 aliphatic carbocycles. The fourth-order valence-corrected chi connectivity index (χ4v) is 3.18. The maximum atomic E-state index is 14.7. The zero-order valence-electron chi connectivity index (χ0n) is 15.7. The lowest BCUT2D eigenvalue weighted by Gasteiger charge is -2.12. The normalized spacial score (nSPS) is 10.8. The number of ether oxygens (including phenoxy) is 1. The first kappa shape index (κ1) is 19.7. The van der Waals surface area contributed by atoms with Crippen LogP contribution in [0.1, 0.15) is 5.56 Å². The SMILES string of the molecule is Fc1cccc(-c2ccc(-c3ccc(OCc4ccccc4)cc3F)c(F)c2F)c1. The summed E-state index contributed by atoms with van der Waals surface area (Å²) >= 11 is 0. The van der Waals surface area contributed by atoms with Crippen molar-refractivity contribution < 1.29 is 22.3 Å². The molecule has 0 aliphatic rings. The Hall–Kier alpha value is -3.60. The fourth-order valence-electron chi connectivity index (χ4n) is 3.18. The van der Waals surface area contributed by atoms with Crippen molar-refractivity contribution in [3.8, 4) is 28.0 Å². The van der Waals surface area contributed by atoms with Crippen LogP contribution in [0.4, 0.5) is 17.6 Å². The first-order valence-corrected chi connectivity index (χ1v) is 9.23. The molecule has 0 fully saturated rings. The lowest BCUT2D eigenvalue weighted by Crippen LogP contribution is -1.98. The van der Waals surface area contributed by atoms with Gasteiger partial charge in [-0.1, -0.05) is 54.6 Å². The number of hydrogen-bond donors (Lipinski definition) is 0. The molecule has 0 amide bonds. The van der Waals surface area contributed by atoms with Gasteiger partial charge in [-0.15, -0.1) is 0 Å². The van der Waals surface area contributed by atoms with Gasteiger partial charge in [0.2, 0.25) is 0 Å². The van der Waals surface area contributed by atoms with Gasteiger partial charge in [0.25, 0.3) is 0 Å². The molecule has 0 bridgehead atoms. The van der Waals surface area contributed by atoms with E-state index in [2.05, 4.69) is 0 Å². The van der Waals surface area contributed by atoms with Crippen molar-refractivity contribution in [2.24, 2.45) is 0 Å². The second kappa shape index (κ2) is 8.41. The van der Waals surface area contributed by atoms with Gasteiger partial charge in [-0.3, -0.25) is 0 Å². The Balaban J connectivity index is 1.61. The van der Waals surface area contributed by atoms with Gasteiger partial charge in [-0.2, -0.15) is 0 Å². The molecule has 4 aromatic rings. The standard InChI is InChI=1S/C25H16F4O/c26-18-8-4-7-17(13-18)20-11-12-22(25(29)24(20)28)21-10-9-19(14-23(21)27)30-15-16-5-2-1-3-6-16/h1-14H,15H2. The molecule has 0 spiro atoms. The average Bonchev–Trinajstić information content (AvgIpc) is 2.75. The lowest BCUT2D eigenvalue weighted by atomic mass is 9.98. The van der Waals surface area contributed by atoms with E-state index in [1.165, 1.54) is 42.5 Å². The summed E-state index contributed by atoms with van der Waals surface area (Å²) in [7, 11) is 0. The van der Waals surface area contributed by atoms with Gasteiger partial charge in [0.1, 0.15) is 24.0 Å². The van der Waals surface area contributed by atoms with Crippen molar-refractivity contribution in [3.05, 3.63) is 114 Å². The molecule has 4 aromatic carbocycles. The lowest BCUT2D eigenvalue weighted by molar-refractivity contribution is 0.304. The van der Waals surface area contributed by atoms with Crippen molar-refractivity contribution in [1.82, 2.24) is 0 Å². The van der Waals surface area contributed by atoms with Crippen molar-refractivity contribution in [1.29, 1.82) is 0 Å². The zero-order valence-corrected chi connectivity index (χ0v) is 15.7. The van der Waals surface area contributed by atoms with Crippen LogP contribution in [0.2, 0.25) is 0 Å². The molecule has 0 saturated heterocycles. The minimum atomic E-state index is -1.20. The van der Waals surface area contributed by atoms with Crippen molar-refractivity contribution in [3.63, 3.8) is 0 Å². The topological polar surface area (TPSA) is 9.23 Å². The second-order valence-electron chi connectivity index (χ2n) is 6.71. The van der Waals surface area contributed by atoms with Crippen LogP contribution in [0.25, 0.3) is 22.3 Å². The maximum absolute atomic E-state index is 14.7. The predicted octanol–water partition coefficient (Wildman–Crippen LogP) is 7.16. The van der Waals surface area contributed by atoms with Crippen LogP contribution in [0, 0.1) is 23.3 Å². The third-order valence-corrected chi connectivity index (χ3v) is 4.70. The number of hydrogen-bond acceptors (Lipinski definition) is 1. The van der Waals surface area contributed by atoms with Crippen LogP contribution in [0.15, 0.2) is 84.9 Å². The van der Waals surface area contributed by atoms with E-state index in [0.717, 1.165) is 17.7 Å². The Morgan fingerprint density at radius 3 is 2.03 bits per heavy atom. The summed E-state index contributed by atoms with van der Waals surface area (Å²) in [5.41, 5.74) is 0.703. The van der Waals surface area contributed by atoms with E-state index in [1.54, 1.807) is 0 Å². The van der Waals surface area contributed by atoms with E-state index in [1.807, 2.05) is 30.3 Å². The molecule has 0 radical (unpaired) electrons. The van der Waals surface area contributed by atoms with Crippen LogP contribution in [-0.2, 0) is 6.61 Å². The Bertz CT molecular complexity index is 1190. The van der Waals surface area contributed by atoms with Crippen LogP contribution in [-0.4, -0.2) is 0 Å². The molecule has 0 aromatic heterocycles. The van der Waals surface area contributed by atoms with E-state index in [-0.39, 0.29) is 34.6 Å². The van der Waals surface area contributed by atoms with Gasteiger partial charge < -0.3 is 4.74 Å². The summed E-state index contributed by atoms with van der Waals surface area (Å²) in [5.74, 6) is -3.39. The molecule has 5 heteroatoms. The Labute approximate surface area is 171 Å². The highest BCUT2D eigenvalue weighted by Crippen LogP contribution is 2.34. The van der Waals surface area contributed by atoms with Crippen molar-refractivity contribution >= 4 is 0 Å². The monoisotopic (exact) mass is 408 g/mol. The van der Waals surface area contributed by atoms with Crippen molar-refractivity contribution in [2.75, 3.05) is 0 Å². The molecule has 150 valence electrons. The summed E-state index contributed by atoms with van der Waals surface area (Å²) in [6, 6.07) is 21.1. The van der Waals surface area contributed by atoms with Gasteiger partial charge in [0.15, 0.2) is 11.6 Å². The van der Waals surface area contributed by atoms with Crippen LogP contribution in [0.3, 0.4) is 0 Å². The molecular formula is C25H16F4O. The average molecular weight is 408 g/mol. The highest BCUT2D eigenvalue weighted by molar-refractivity contribution is 5.72. The van der Waals surface area contributed by atoms with E-state index < -0.39 is 23.3 Å². The predicted molar refractivity (Wildman–Crippen MR) is 108 cm³/mol. The quantitative estimate of drug-likeness (QED) is 0.319. The number of benzene rings is 4. The fraction of sp³-hybridized carbons (Fsp3) is 0.0400. The first-order valence-electron chi connectivity index (χ1n) is 9.23. The van der Waals surface area contributed by atoms with E-state index in [4.69, 9.17) is 4.74 Å². The molecular weight excluding hydrogens is 392 g/mol. The highest BCUT2D eigenvalue weighted by atomic mass is 19.2. The molecule has 4 rings (SSSR count). The molecule has 0 unspecified atom stereocenters. The molecule has 0 N–H and O–H groups in total. The number of halogens is 4. The van der Waals surface area contributed by atoms with Crippen LogP contribution >= 0.6 is 0 Å². The summed E-state index contributed by atoms with van der Waals surface area (Å²) in [4.78, 5) is 0. The summed E-state index contributed by atoms with van der Waals surface area (Å²) in [6.45, 7) is 0.255. The molecule has 0 aliphatic heterocycles. The van der Waals surface area contributed by atoms with E-state index in [0.29, 0.717) is 0 Å². The molecule has 0 atom stereocenters. The highest BCUT2D eigenvalue weighted by Gasteiger charge is 2.18. The van der Waals surface area contributed by atoms with Gasteiger partial charge in [-0.25, -0.2) is 17.6 Å². The molecule has 1 nitrogen and oxygen atoms in total. The molecule has 0 heterocycles. The minimum absolute atomic E-state index is 0.0933. The summed E-state index contributed by atoms with van der Waals surface area (Å²) in [6.07, 6.45) is 0. The summed E-state index contributed by atoms with van der Waals surface area (Å²) < 4.78 is 63.0. The van der Waals surface area contributed by atoms with E-state index >= 15 is 0 Å². The van der Waals surface area contributed by atoms with E-state index in [9.17, 15) is 17.6 Å². The minimum Gasteiger partial charge on any atom is -0.489 e. The van der Waals surface area contributed by atoms with Crippen LogP contribution < -0.4 is 4.74 Å². The molecule has 0 saturated carbocycles. The Kier molecular flexibility index (Phi) is 5.53. The maximum Gasteiger partial charge on any atom is 0.167 e. The third-order valence-electron chi connectivity index (χ3n) is 4.70. The van der Waals surface area contributed by atoms with Crippen molar-refractivity contribution in [2.45, 2.75) is 6.61 Å². The summed E-state index contributed by atoms with van der Waals surface area (Å²) in [5, 5.41) is 0. The Morgan fingerprint density at radius 2 is 1.30 bits per heavy atom. The van der Waals surface area contributed by atoms with Gasteiger partial charge in [0, 0.05) is 22.8 Å². The Morgan fingerprint density at radius 1 is 0.600 bits per heavy atom. The molecule has 30 heavy (non-hydrogen) atoms. The van der Waals surface area contributed by atoms with Gasteiger partial charge in [0.05, 0.1) is 0 Å². The zero-order chi connectivity index (χ0) is 21.1. The second-order valence-corrected chi connectivity index (χ2v) is 6.71. The first-order chi connectivity index (χ1) is 14.5. The van der Waals surface area contributed by atoms with Gasteiger partial charge >= 0.3 is 0 Å². The van der Waals surface area contributed by atoms with Crippen LogP contribution in [0.5, 0.6) is 5.75 Å². The smallest absolute Gasteiger partial charge is 0.167 e. The third kappa shape index (κ3) is 4.06. The largest absolute Gasteiger partial charge is 0.489 e.